The van der Waals surface area contributed by atoms with E-state index in [1.807, 2.05) is 6.92 Å². The maximum Gasteiger partial charge on any atom is 0.282 e. The zero-order valence-electron chi connectivity index (χ0n) is 14.1. The van der Waals surface area contributed by atoms with Gasteiger partial charge in [0.1, 0.15) is 0 Å². The molecule has 0 spiro atoms. The number of alkyl halides is 3. The van der Waals surface area contributed by atoms with Crippen LogP contribution < -0.4 is 0 Å². The second-order valence-electron chi connectivity index (χ2n) is 7.64. The van der Waals surface area contributed by atoms with Crippen LogP contribution in [0.3, 0.4) is 0 Å². The number of halogens is 6. The van der Waals surface area contributed by atoms with Crippen LogP contribution in [-0.4, -0.2) is 11.6 Å². The minimum absolute atomic E-state index is 0.0234. The molecule has 0 radical (unpaired) electrons. The number of hydrogen-bond acceptors (Lipinski definition) is 0. The number of rotatable bonds is 3. The third kappa shape index (κ3) is 3.17. The van der Waals surface area contributed by atoms with E-state index in [1.54, 1.807) is 0 Å². The molecule has 4 unspecified atom stereocenters. The third-order valence-electron chi connectivity index (χ3n) is 6.00. The molecule has 6 heteroatoms. The largest absolute Gasteiger partial charge is 0.282 e. The van der Waals surface area contributed by atoms with E-state index in [0.717, 1.165) is 25.0 Å². The van der Waals surface area contributed by atoms with Crippen LogP contribution >= 0.6 is 0 Å². The summed E-state index contributed by atoms with van der Waals surface area (Å²) in [7, 11) is 0. The van der Waals surface area contributed by atoms with Gasteiger partial charge in [0.05, 0.1) is 0 Å². The van der Waals surface area contributed by atoms with Gasteiger partial charge in [0.15, 0.2) is 23.1 Å². The van der Waals surface area contributed by atoms with Gasteiger partial charge in [-0.05, 0) is 61.1 Å². The van der Waals surface area contributed by atoms with E-state index >= 15 is 4.39 Å². The van der Waals surface area contributed by atoms with Crippen molar-refractivity contribution in [1.82, 2.24) is 0 Å². The van der Waals surface area contributed by atoms with Crippen LogP contribution in [0.5, 0.6) is 0 Å². The molecule has 4 atom stereocenters. The van der Waals surface area contributed by atoms with Crippen LogP contribution in [0.2, 0.25) is 0 Å². The Morgan fingerprint density at radius 1 is 1.00 bits per heavy atom. The summed E-state index contributed by atoms with van der Waals surface area (Å²) >= 11 is 0. The molecule has 0 amide bonds. The first-order valence-corrected chi connectivity index (χ1v) is 8.89. The normalized spacial score (nSPS) is 34.6. The van der Waals surface area contributed by atoms with Crippen molar-refractivity contribution in [3.8, 4) is 0 Å². The fraction of sp³-hybridized carbons (Fsp3) is 0.684. The average Bonchev–Trinajstić information content (AvgIpc) is 2.82. The Hall–Kier alpha value is -1.20. The molecular weight excluding hydrogens is 342 g/mol. The molecule has 2 aliphatic rings. The fourth-order valence-corrected chi connectivity index (χ4v) is 4.76. The van der Waals surface area contributed by atoms with E-state index in [4.69, 9.17) is 0 Å². The first-order valence-electron chi connectivity index (χ1n) is 8.89. The first-order chi connectivity index (χ1) is 11.7. The number of fused-ring (bicyclic) bond motifs is 1. The highest BCUT2D eigenvalue weighted by molar-refractivity contribution is 5.25. The molecule has 2 aliphatic carbocycles. The molecule has 0 saturated heterocycles. The predicted molar refractivity (Wildman–Crippen MR) is 82.8 cm³/mol. The average molecular weight is 364 g/mol. The SMILES string of the molecule is CCCC1CC2CCC(c3cc(F)c(F)c(F)c3)CC(F)(F)C2(F)C1. The molecule has 1 aromatic carbocycles. The monoisotopic (exact) mass is 364 g/mol. The summed E-state index contributed by atoms with van der Waals surface area (Å²) in [6.07, 6.45) is 1.50. The van der Waals surface area contributed by atoms with Crippen molar-refractivity contribution in [2.45, 2.75) is 69.4 Å². The molecule has 0 nitrogen and oxygen atoms in total. The van der Waals surface area contributed by atoms with E-state index in [2.05, 4.69) is 0 Å². The molecule has 0 heterocycles. The van der Waals surface area contributed by atoms with Crippen molar-refractivity contribution in [3.05, 3.63) is 35.1 Å². The second kappa shape index (κ2) is 6.51. The fourth-order valence-electron chi connectivity index (χ4n) is 4.76. The Balaban J connectivity index is 1.88. The quantitative estimate of drug-likeness (QED) is 0.422. The van der Waals surface area contributed by atoms with Gasteiger partial charge in [0.2, 0.25) is 0 Å². The predicted octanol–water partition coefficient (Wildman–Crippen LogP) is 6.54. The van der Waals surface area contributed by atoms with Crippen molar-refractivity contribution in [1.29, 1.82) is 0 Å². The van der Waals surface area contributed by atoms with Crippen molar-refractivity contribution in [2.75, 3.05) is 0 Å². The minimum Gasteiger partial charge on any atom is -0.237 e. The highest BCUT2D eigenvalue weighted by Gasteiger charge is 2.64. The lowest BCUT2D eigenvalue weighted by Gasteiger charge is -2.33. The summed E-state index contributed by atoms with van der Waals surface area (Å²) in [5.41, 5.74) is -2.58. The molecular formula is C19H22F6. The molecule has 2 fully saturated rings. The Bertz CT molecular complexity index is 620. The molecule has 2 saturated carbocycles. The summed E-state index contributed by atoms with van der Waals surface area (Å²) in [6.45, 7) is 1.95. The smallest absolute Gasteiger partial charge is 0.237 e. The van der Waals surface area contributed by atoms with Gasteiger partial charge in [-0.15, -0.1) is 0 Å². The van der Waals surface area contributed by atoms with Crippen LogP contribution in [0.25, 0.3) is 0 Å². The molecule has 140 valence electrons. The Kier molecular flexibility index (Phi) is 4.84. The maximum absolute atomic E-state index is 15.3. The van der Waals surface area contributed by atoms with Gasteiger partial charge in [-0.1, -0.05) is 19.8 Å². The van der Waals surface area contributed by atoms with Gasteiger partial charge in [-0.3, -0.25) is 0 Å². The standard InChI is InChI=1S/C19H22F6/c1-2-3-11-6-14-5-4-12(10-19(24,25)18(14,23)9-11)13-7-15(20)17(22)16(21)8-13/h7-8,11-12,14H,2-6,9-10H2,1H3. The molecule has 0 aliphatic heterocycles. The first kappa shape index (κ1) is 18.6. The van der Waals surface area contributed by atoms with Gasteiger partial charge < -0.3 is 0 Å². The Morgan fingerprint density at radius 2 is 1.64 bits per heavy atom. The summed E-state index contributed by atoms with van der Waals surface area (Å²) < 4.78 is 84.9. The van der Waals surface area contributed by atoms with Gasteiger partial charge in [0, 0.05) is 6.42 Å². The van der Waals surface area contributed by atoms with Gasteiger partial charge in [0.25, 0.3) is 5.92 Å². The minimum atomic E-state index is -3.57. The van der Waals surface area contributed by atoms with Crippen LogP contribution in [0.15, 0.2) is 12.1 Å². The van der Waals surface area contributed by atoms with E-state index in [0.29, 0.717) is 6.42 Å². The zero-order valence-corrected chi connectivity index (χ0v) is 14.1. The highest BCUT2D eigenvalue weighted by atomic mass is 19.3. The molecule has 1 aromatic rings. The Labute approximate surface area is 143 Å². The van der Waals surface area contributed by atoms with Crippen molar-refractivity contribution in [3.63, 3.8) is 0 Å². The van der Waals surface area contributed by atoms with Gasteiger partial charge >= 0.3 is 0 Å². The summed E-state index contributed by atoms with van der Waals surface area (Å²) in [5, 5.41) is 0. The molecule has 0 aromatic heterocycles. The van der Waals surface area contributed by atoms with Crippen molar-refractivity contribution in [2.24, 2.45) is 11.8 Å². The molecule has 3 rings (SSSR count). The summed E-state index contributed by atoms with van der Waals surface area (Å²) in [6, 6.07) is 1.51. The van der Waals surface area contributed by atoms with Crippen LogP contribution in [-0.2, 0) is 0 Å². The van der Waals surface area contributed by atoms with Crippen LogP contribution in [0, 0.1) is 29.3 Å². The van der Waals surface area contributed by atoms with Crippen LogP contribution in [0.4, 0.5) is 26.3 Å². The lowest BCUT2D eigenvalue weighted by atomic mass is 9.84. The maximum atomic E-state index is 15.3. The Morgan fingerprint density at radius 3 is 2.24 bits per heavy atom. The van der Waals surface area contributed by atoms with E-state index < -0.39 is 47.3 Å². The second-order valence-corrected chi connectivity index (χ2v) is 7.64. The number of hydrogen-bond donors (Lipinski definition) is 0. The van der Waals surface area contributed by atoms with Crippen LogP contribution in [0.1, 0.15) is 63.4 Å². The zero-order chi connectivity index (χ0) is 18.4. The highest BCUT2D eigenvalue weighted by Crippen LogP contribution is 2.59. The van der Waals surface area contributed by atoms with E-state index in [1.165, 1.54) is 0 Å². The van der Waals surface area contributed by atoms with Crippen molar-refractivity contribution >= 4 is 0 Å². The lowest BCUT2D eigenvalue weighted by Crippen LogP contribution is -2.46. The van der Waals surface area contributed by atoms with E-state index in [-0.39, 0.29) is 30.7 Å². The third-order valence-corrected chi connectivity index (χ3v) is 6.00. The molecule has 0 N–H and O–H groups in total. The van der Waals surface area contributed by atoms with Gasteiger partial charge in [-0.25, -0.2) is 26.3 Å². The summed E-state index contributed by atoms with van der Waals surface area (Å²) in [4.78, 5) is 0. The topological polar surface area (TPSA) is 0 Å². The molecule has 0 bridgehead atoms. The van der Waals surface area contributed by atoms with Gasteiger partial charge in [-0.2, -0.15) is 0 Å². The number of benzene rings is 1. The summed E-state index contributed by atoms with van der Waals surface area (Å²) in [5.74, 6) is -9.65. The molecule has 25 heavy (non-hydrogen) atoms. The van der Waals surface area contributed by atoms with Crippen molar-refractivity contribution < 1.29 is 26.3 Å². The van der Waals surface area contributed by atoms with E-state index in [9.17, 15) is 22.0 Å². The lowest BCUT2D eigenvalue weighted by molar-refractivity contribution is -0.157.